The van der Waals surface area contributed by atoms with E-state index in [4.69, 9.17) is 39.9 Å². The van der Waals surface area contributed by atoms with Crippen molar-refractivity contribution in [3.8, 4) is 11.1 Å². The van der Waals surface area contributed by atoms with Crippen molar-refractivity contribution in [3.05, 3.63) is 56.8 Å². The Labute approximate surface area is 123 Å². The number of benzene rings is 2. The van der Waals surface area contributed by atoms with E-state index in [0.29, 0.717) is 5.02 Å². The molecule has 2 rings (SSSR count). The Bertz CT molecular complexity index is 648. The Kier molecular flexibility index (Phi) is 3.99. The average molecular weight is 320 g/mol. The van der Waals surface area contributed by atoms with E-state index in [1.54, 1.807) is 0 Å². The van der Waals surface area contributed by atoms with E-state index in [2.05, 4.69) is 0 Å². The lowest BCUT2D eigenvalue weighted by atomic mass is 10.0. The number of hydrogen-bond donors (Lipinski definition) is 1. The van der Waals surface area contributed by atoms with Crippen LogP contribution >= 0.6 is 34.8 Å². The number of hydrogen-bond acceptors (Lipinski definition) is 1. The summed E-state index contributed by atoms with van der Waals surface area (Å²) < 4.78 is 13.9. The monoisotopic (exact) mass is 318 g/mol. The fourth-order valence-corrected chi connectivity index (χ4v) is 2.67. The molecule has 0 amide bonds. The van der Waals surface area contributed by atoms with Crippen molar-refractivity contribution in [2.45, 2.75) is 0 Å². The Morgan fingerprint density at radius 1 is 1.05 bits per heavy atom. The largest absolute Gasteiger partial charge is 0.478 e. The number of rotatable bonds is 2. The molecule has 2 aromatic carbocycles. The molecule has 0 atom stereocenters. The zero-order chi connectivity index (χ0) is 14.2. The summed E-state index contributed by atoms with van der Waals surface area (Å²) >= 11 is 17.8. The molecule has 0 unspecified atom stereocenters. The number of aromatic carboxylic acids is 1. The van der Waals surface area contributed by atoms with Crippen LogP contribution in [0.2, 0.25) is 15.1 Å². The zero-order valence-electron chi connectivity index (χ0n) is 9.25. The first-order chi connectivity index (χ1) is 8.90. The van der Waals surface area contributed by atoms with Gasteiger partial charge in [0.05, 0.1) is 15.6 Å². The van der Waals surface area contributed by atoms with E-state index in [1.165, 1.54) is 24.3 Å². The molecule has 0 saturated carbocycles. The summed E-state index contributed by atoms with van der Waals surface area (Å²) in [7, 11) is 0. The molecule has 0 saturated heterocycles. The van der Waals surface area contributed by atoms with Crippen molar-refractivity contribution in [2.24, 2.45) is 0 Å². The molecule has 0 spiro atoms. The number of carbonyl (C=O) groups is 1. The van der Waals surface area contributed by atoms with Gasteiger partial charge in [0.15, 0.2) is 0 Å². The first-order valence-corrected chi connectivity index (χ1v) is 6.21. The minimum atomic E-state index is -1.21. The maximum absolute atomic E-state index is 13.9. The molecule has 2 nitrogen and oxygen atoms in total. The van der Waals surface area contributed by atoms with E-state index >= 15 is 0 Å². The maximum Gasteiger partial charge on any atom is 0.335 e. The third kappa shape index (κ3) is 2.84. The molecule has 0 bridgehead atoms. The first-order valence-electron chi connectivity index (χ1n) is 5.08. The Morgan fingerprint density at radius 2 is 1.63 bits per heavy atom. The molecule has 0 fully saturated rings. The number of carboxylic acid groups (broad SMARTS) is 1. The highest BCUT2D eigenvalue weighted by Gasteiger charge is 2.15. The van der Waals surface area contributed by atoms with Crippen LogP contribution in [0.3, 0.4) is 0 Å². The predicted molar refractivity (Wildman–Crippen MR) is 73.8 cm³/mol. The van der Waals surface area contributed by atoms with Gasteiger partial charge < -0.3 is 5.11 Å². The van der Waals surface area contributed by atoms with Gasteiger partial charge >= 0.3 is 5.97 Å². The summed E-state index contributed by atoms with van der Waals surface area (Å²) in [5, 5.41) is 9.50. The Balaban J connectivity index is 2.63. The SMILES string of the molecule is O=C(O)c1ccc(-c2c(Cl)cc(Cl)cc2Cl)c(F)c1. The molecule has 98 valence electrons. The van der Waals surface area contributed by atoms with Gasteiger partial charge in [0.1, 0.15) is 5.82 Å². The van der Waals surface area contributed by atoms with Crippen molar-refractivity contribution in [1.29, 1.82) is 0 Å². The fourth-order valence-electron chi connectivity index (χ4n) is 1.65. The number of halogens is 4. The smallest absolute Gasteiger partial charge is 0.335 e. The van der Waals surface area contributed by atoms with Gasteiger partial charge in [0, 0.05) is 16.1 Å². The Hall–Kier alpha value is -1.29. The second-order valence-corrected chi connectivity index (χ2v) is 5.00. The van der Waals surface area contributed by atoms with Crippen LogP contribution in [-0.4, -0.2) is 11.1 Å². The lowest BCUT2D eigenvalue weighted by Crippen LogP contribution is -1.98. The highest BCUT2D eigenvalue weighted by atomic mass is 35.5. The van der Waals surface area contributed by atoms with Gasteiger partial charge in [-0.1, -0.05) is 40.9 Å². The molecule has 2 aromatic rings. The summed E-state index contributed by atoms with van der Waals surface area (Å²) in [6.45, 7) is 0. The summed E-state index contributed by atoms with van der Waals surface area (Å²) in [4.78, 5) is 10.7. The standard InChI is InChI=1S/C13H6Cl3FO2/c14-7-4-9(15)12(10(16)5-7)8-2-1-6(13(18)19)3-11(8)17/h1-5H,(H,18,19). The minimum absolute atomic E-state index is 0.122. The van der Waals surface area contributed by atoms with E-state index in [-0.39, 0.29) is 26.7 Å². The lowest BCUT2D eigenvalue weighted by Gasteiger charge is -2.09. The molecule has 19 heavy (non-hydrogen) atoms. The third-order valence-corrected chi connectivity index (χ3v) is 3.31. The van der Waals surface area contributed by atoms with Gasteiger partial charge in [0.25, 0.3) is 0 Å². The van der Waals surface area contributed by atoms with Gasteiger partial charge in [-0.05, 0) is 24.3 Å². The highest BCUT2D eigenvalue weighted by Crippen LogP contribution is 2.38. The van der Waals surface area contributed by atoms with Crippen LogP contribution in [-0.2, 0) is 0 Å². The van der Waals surface area contributed by atoms with Crippen molar-refractivity contribution in [3.63, 3.8) is 0 Å². The van der Waals surface area contributed by atoms with Crippen LogP contribution in [0.1, 0.15) is 10.4 Å². The van der Waals surface area contributed by atoms with Gasteiger partial charge in [-0.3, -0.25) is 0 Å². The van der Waals surface area contributed by atoms with Gasteiger partial charge in [0.2, 0.25) is 0 Å². The molecule has 0 aromatic heterocycles. The zero-order valence-corrected chi connectivity index (χ0v) is 11.5. The topological polar surface area (TPSA) is 37.3 Å². The molecule has 6 heteroatoms. The highest BCUT2D eigenvalue weighted by molar-refractivity contribution is 6.41. The van der Waals surface area contributed by atoms with E-state index in [9.17, 15) is 9.18 Å². The summed E-state index contributed by atoms with van der Waals surface area (Å²) in [5.74, 6) is -1.93. The summed E-state index contributed by atoms with van der Waals surface area (Å²) in [6, 6.07) is 6.39. The second kappa shape index (κ2) is 5.37. The summed E-state index contributed by atoms with van der Waals surface area (Å²) in [5.41, 5.74) is 0.251. The molecular formula is C13H6Cl3FO2. The molecule has 0 aliphatic carbocycles. The van der Waals surface area contributed by atoms with E-state index in [1.807, 2.05) is 0 Å². The van der Waals surface area contributed by atoms with Gasteiger partial charge in [-0.15, -0.1) is 0 Å². The Morgan fingerprint density at radius 3 is 2.11 bits per heavy atom. The van der Waals surface area contributed by atoms with Crippen LogP contribution in [0.4, 0.5) is 4.39 Å². The van der Waals surface area contributed by atoms with E-state index < -0.39 is 11.8 Å². The van der Waals surface area contributed by atoms with Crippen molar-refractivity contribution in [1.82, 2.24) is 0 Å². The van der Waals surface area contributed by atoms with Gasteiger partial charge in [-0.2, -0.15) is 0 Å². The van der Waals surface area contributed by atoms with E-state index in [0.717, 1.165) is 6.07 Å². The molecule has 0 aliphatic rings. The van der Waals surface area contributed by atoms with Gasteiger partial charge in [-0.25, -0.2) is 9.18 Å². The number of carboxylic acids is 1. The quantitative estimate of drug-likeness (QED) is 0.831. The van der Waals surface area contributed by atoms with Crippen LogP contribution in [0.25, 0.3) is 11.1 Å². The normalized spacial score (nSPS) is 10.5. The fraction of sp³-hybridized carbons (Fsp3) is 0. The second-order valence-electron chi connectivity index (χ2n) is 3.74. The molecule has 0 radical (unpaired) electrons. The van der Waals surface area contributed by atoms with Crippen molar-refractivity contribution in [2.75, 3.05) is 0 Å². The molecule has 0 aliphatic heterocycles. The molecule has 1 N–H and O–H groups in total. The third-order valence-electron chi connectivity index (χ3n) is 2.49. The summed E-state index contributed by atoms with van der Waals surface area (Å²) in [6.07, 6.45) is 0. The minimum Gasteiger partial charge on any atom is -0.478 e. The van der Waals surface area contributed by atoms with Crippen LogP contribution in [0.15, 0.2) is 30.3 Å². The van der Waals surface area contributed by atoms with Crippen LogP contribution in [0.5, 0.6) is 0 Å². The predicted octanol–water partition coefficient (Wildman–Crippen LogP) is 5.15. The molecular weight excluding hydrogens is 313 g/mol. The van der Waals surface area contributed by atoms with Crippen LogP contribution < -0.4 is 0 Å². The maximum atomic E-state index is 13.9. The lowest BCUT2D eigenvalue weighted by molar-refractivity contribution is 0.0696. The van der Waals surface area contributed by atoms with Crippen molar-refractivity contribution < 1.29 is 14.3 Å². The first kappa shape index (κ1) is 14.1. The average Bonchev–Trinajstić information content (AvgIpc) is 2.29. The van der Waals surface area contributed by atoms with Crippen molar-refractivity contribution >= 4 is 40.8 Å². The van der Waals surface area contributed by atoms with Crippen LogP contribution in [0, 0.1) is 5.82 Å². The molecule has 0 heterocycles.